The van der Waals surface area contributed by atoms with Crippen molar-refractivity contribution in [2.24, 2.45) is 0 Å². The molecular formula is C10H5F3N4O. The predicted molar refractivity (Wildman–Crippen MR) is 56.1 cm³/mol. The van der Waals surface area contributed by atoms with Gasteiger partial charge in [-0.2, -0.15) is 22.8 Å². The second kappa shape index (κ2) is 3.31. The van der Waals surface area contributed by atoms with Crippen LogP contribution >= 0.6 is 0 Å². The molecule has 0 saturated heterocycles. The number of aromatic amines is 1. The molecule has 18 heavy (non-hydrogen) atoms. The summed E-state index contributed by atoms with van der Waals surface area (Å²) in [6.07, 6.45) is -3.18. The molecule has 0 amide bonds. The highest BCUT2D eigenvalue weighted by Gasteiger charge is 2.34. The van der Waals surface area contributed by atoms with Gasteiger partial charge in [-0.05, 0) is 12.1 Å². The molecule has 1 N–H and O–H groups in total. The smallest absolute Gasteiger partial charge is 0.306 e. The minimum Gasteiger partial charge on any atom is -0.306 e. The molecule has 92 valence electrons. The van der Waals surface area contributed by atoms with Crippen LogP contribution in [-0.4, -0.2) is 19.6 Å². The van der Waals surface area contributed by atoms with E-state index >= 15 is 0 Å². The molecule has 0 saturated carbocycles. The topological polar surface area (TPSA) is 63.0 Å². The van der Waals surface area contributed by atoms with E-state index in [0.29, 0.717) is 0 Å². The van der Waals surface area contributed by atoms with E-state index in [9.17, 15) is 18.0 Å². The molecule has 3 heterocycles. The van der Waals surface area contributed by atoms with Gasteiger partial charge in [0.25, 0.3) is 5.56 Å². The zero-order valence-electron chi connectivity index (χ0n) is 8.69. The number of hydrogen-bond donors (Lipinski definition) is 1. The third-order valence-electron chi connectivity index (χ3n) is 2.47. The van der Waals surface area contributed by atoms with Gasteiger partial charge in [-0.15, -0.1) is 0 Å². The number of nitrogens with zero attached hydrogens (tertiary/aromatic N) is 3. The first kappa shape index (κ1) is 10.8. The first-order valence-corrected chi connectivity index (χ1v) is 4.91. The summed E-state index contributed by atoms with van der Waals surface area (Å²) in [5, 5.41) is 3.59. The molecule has 0 spiro atoms. The van der Waals surface area contributed by atoms with E-state index in [2.05, 4.69) is 15.1 Å². The van der Waals surface area contributed by atoms with Crippen LogP contribution in [0.3, 0.4) is 0 Å². The Morgan fingerprint density at radius 3 is 2.83 bits per heavy atom. The Morgan fingerprint density at radius 1 is 1.33 bits per heavy atom. The Kier molecular flexibility index (Phi) is 1.98. The fourth-order valence-corrected chi connectivity index (χ4v) is 1.70. The minimum atomic E-state index is -4.57. The van der Waals surface area contributed by atoms with Gasteiger partial charge in [0.05, 0.1) is 5.39 Å². The molecule has 0 atom stereocenters. The fraction of sp³-hybridized carbons (Fsp3) is 0.100. The third-order valence-corrected chi connectivity index (χ3v) is 2.47. The van der Waals surface area contributed by atoms with Crippen molar-refractivity contribution < 1.29 is 13.2 Å². The molecule has 8 heteroatoms. The first-order chi connectivity index (χ1) is 8.47. The Hall–Kier alpha value is -2.38. The lowest BCUT2D eigenvalue weighted by molar-refractivity contribution is -0.141. The van der Waals surface area contributed by atoms with Gasteiger partial charge in [-0.3, -0.25) is 4.79 Å². The van der Waals surface area contributed by atoms with Crippen molar-refractivity contribution in [2.45, 2.75) is 6.18 Å². The van der Waals surface area contributed by atoms with Crippen molar-refractivity contribution in [3.8, 4) is 0 Å². The summed E-state index contributed by atoms with van der Waals surface area (Å²) < 4.78 is 38.6. The molecule has 0 aromatic carbocycles. The Morgan fingerprint density at radius 2 is 2.11 bits per heavy atom. The maximum atomic E-state index is 12.5. The van der Waals surface area contributed by atoms with Crippen LogP contribution < -0.4 is 5.56 Å². The van der Waals surface area contributed by atoms with Crippen LogP contribution in [0.5, 0.6) is 0 Å². The molecule has 0 radical (unpaired) electrons. The highest BCUT2D eigenvalue weighted by Crippen LogP contribution is 2.28. The monoisotopic (exact) mass is 254 g/mol. The lowest BCUT2D eigenvalue weighted by Crippen LogP contribution is -2.11. The summed E-state index contributed by atoms with van der Waals surface area (Å²) in [5.41, 5.74) is -1.53. The number of alkyl halides is 3. The van der Waals surface area contributed by atoms with Gasteiger partial charge in [0.15, 0.2) is 11.3 Å². The van der Waals surface area contributed by atoms with Crippen molar-refractivity contribution in [3.05, 3.63) is 40.4 Å². The lowest BCUT2D eigenvalue weighted by atomic mass is 10.3. The average molecular weight is 254 g/mol. The number of H-pyrrole nitrogens is 1. The Bertz CT molecular complexity index is 802. The molecule has 3 aromatic rings. The Balaban J connectivity index is 2.48. The van der Waals surface area contributed by atoms with Crippen LogP contribution in [0, 0.1) is 0 Å². The summed E-state index contributed by atoms with van der Waals surface area (Å²) in [7, 11) is 0. The van der Waals surface area contributed by atoms with Gasteiger partial charge in [0, 0.05) is 12.3 Å². The minimum absolute atomic E-state index is 0.0430. The predicted octanol–water partition coefficient (Wildman–Crippen LogP) is 1.59. The number of rotatable bonds is 0. The molecule has 3 aromatic heterocycles. The van der Waals surface area contributed by atoms with E-state index in [-0.39, 0.29) is 16.7 Å². The molecular weight excluding hydrogens is 249 g/mol. The number of hydrogen-bond acceptors (Lipinski definition) is 3. The highest BCUT2D eigenvalue weighted by atomic mass is 19.4. The van der Waals surface area contributed by atoms with Crippen LogP contribution in [0.4, 0.5) is 13.2 Å². The second-order valence-corrected chi connectivity index (χ2v) is 3.65. The van der Waals surface area contributed by atoms with Gasteiger partial charge in [0.1, 0.15) is 5.65 Å². The summed E-state index contributed by atoms with van der Waals surface area (Å²) >= 11 is 0. The number of pyridine rings is 1. The number of aromatic nitrogens is 4. The van der Waals surface area contributed by atoms with E-state index in [1.165, 1.54) is 18.3 Å². The third kappa shape index (κ3) is 1.45. The fourth-order valence-electron chi connectivity index (χ4n) is 1.70. The van der Waals surface area contributed by atoms with Crippen LogP contribution in [0.2, 0.25) is 0 Å². The number of nitrogens with one attached hydrogen (secondary N) is 1. The molecule has 3 rings (SSSR count). The van der Waals surface area contributed by atoms with Crippen molar-refractivity contribution in [3.63, 3.8) is 0 Å². The van der Waals surface area contributed by atoms with Crippen molar-refractivity contribution in [1.82, 2.24) is 19.6 Å². The summed E-state index contributed by atoms with van der Waals surface area (Å²) in [6, 6.07) is 3.77. The summed E-state index contributed by atoms with van der Waals surface area (Å²) in [5.74, 6) is 0. The SMILES string of the molecule is O=c1[nH]c2cc(C(F)(F)F)nn2c2ncccc12. The number of fused-ring (bicyclic) bond motifs is 3. The first-order valence-electron chi connectivity index (χ1n) is 4.91. The van der Waals surface area contributed by atoms with Crippen molar-refractivity contribution in [1.29, 1.82) is 0 Å². The maximum absolute atomic E-state index is 12.5. The second-order valence-electron chi connectivity index (χ2n) is 3.65. The average Bonchev–Trinajstić information content (AvgIpc) is 2.73. The van der Waals surface area contributed by atoms with Crippen LogP contribution in [0.1, 0.15) is 5.69 Å². The zero-order chi connectivity index (χ0) is 12.9. The van der Waals surface area contributed by atoms with E-state index in [1.807, 2.05) is 0 Å². The number of halogens is 3. The quantitative estimate of drug-likeness (QED) is 0.662. The van der Waals surface area contributed by atoms with Gasteiger partial charge >= 0.3 is 6.18 Å². The summed E-state index contributed by atoms with van der Waals surface area (Å²) in [6.45, 7) is 0. The standard InChI is InChI=1S/C10H5F3N4O/c11-10(12,13)6-4-7-15-9(18)5-2-1-3-14-8(5)17(7)16-6/h1-4H,(H,15,18). The van der Waals surface area contributed by atoms with Crippen LogP contribution in [0.15, 0.2) is 29.2 Å². The molecule has 0 aliphatic carbocycles. The molecule has 0 aliphatic rings. The van der Waals surface area contributed by atoms with Gasteiger partial charge in [0.2, 0.25) is 0 Å². The van der Waals surface area contributed by atoms with Crippen LogP contribution in [0.25, 0.3) is 16.7 Å². The van der Waals surface area contributed by atoms with Crippen LogP contribution in [-0.2, 0) is 6.18 Å². The lowest BCUT2D eigenvalue weighted by Gasteiger charge is -2.00. The van der Waals surface area contributed by atoms with Crippen molar-refractivity contribution in [2.75, 3.05) is 0 Å². The van der Waals surface area contributed by atoms with E-state index in [1.54, 1.807) is 0 Å². The van der Waals surface area contributed by atoms with Gasteiger partial charge in [-0.1, -0.05) is 0 Å². The van der Waals surface area contributed by atoms with E-state index in [0.717, 1.165) is 10.6 Å². The molecule has 5 nitrogen and oxygen atoms in total. The molecule has 0 fully saturated rings. The normalized spacial score (nSPS) is 12.4. The zero-order valence-corrected chi connectivity index (χ0v) is 8.69. The summed E-state index contributed by atoms with van der Waals surface area (Å²) in [4.78, 5) is 17.8. The van der Waals surface area contributed by atoms with E-state index in [4.69, 9.17) is 0 Å². The molecule has 0 bridgehead atoms. The molecule has 0 unspecified atom stereocenters. The van der Waals surface area contributed by atoms with Crippen molar-refractivity contribution >= 4 is 16.7 Å². The van der Waals surface area contributed by atoms with E-state index < -0.39 is 17.4 Å². The Labute approximate surface area is 96.9 Å². The highest BCUT2D eigenvalue weighted by molar-refractivity contribution is 5.75. The largest absolute Gasteiger partial charge is 0.435 e. The molecule has 0 aliphatic heterocycles. The van der Waals surface area contributed by atoms with Gasteiger partial charge < -0.3 is 4.98 Å². The maximum Gasteiger partial charge on any atom is 0.435 e. The van der Waals surface area contributed by atoms with Gasteiger partial charge in [-0.25, -0.2) is 4.98 Å².